The molecule has 0 aliphatic heterocycles. The van der Waals surface area contributed by atoms with Gasteiger partial charge in [-0.15, -0.1) is 0 Å². The van der Waals surface area contributed by atoms with Gasteiger partial charge in [-0.3, -0.25) is 0 Å². The van der Waals surface area contributed by atoms with Crippen molar-refractivity contribution >= 4 is 10.1 Å². The lowest BCUT2D eigenvalue weighted by molar-refractivity contribution is -0.0500. The molecule has 4 bridgehead atoms. The second-order valence-electron chi connectivity index (χ2n) is 9.44. The molecule has 5 rings (SSSR count). The monoisotopic (exact) mass is 446 g/mol. The fraction of sp³-hybridized carbons (Fsp3) is 0.727. The third-order valence-electron chi connectivity index (χ3n) is 7.28. The summed E-state index contributed by atoms with van der Waals surface area (Å²) in [6.45, 7) is 2.09. The standard InChI is InChI=1S/C22H29F3O4S/c1-3-4-5-18-19(21-11-14-6-15(12-21)8-16(7-14)13-21)9-17(10-20(18)28-2)29-30(26,27)22(23,24)25/h9-10,14-16H,3-8,11-13H2,1-2H3. The van der Waals surface area contributed by atoms with Crippen molar-refractivity contribution < 1.29 is 30.5 Å². The van der Waals surface area contributed by atoms with E-state index in [4.69, 9.17) is 4.74 Å². The average Bonchev–Trinajstić information content (AvgIpc) is 2.64. The molecule has 30 heavy (non-hydrogen) atoms. The molecule has 0 radical (unpaired) electrons. The summed E-state index contributed by atoms with van der Waals surface area (Å²) in [5.74, 6) is 2.04. The summed E-state index contributed by atoms with van der Waals surface area (Å²) >= 11 is 0. The molecule has 4 aliphatic rings. The van der Waals surface area contributed by atoms with Gasteiger partial charge in [0, 0.05) is 6.07 Å². The Hall–Kier alpha value is -1.44. The van der Waals surface area contributed by atoms with E-state index < -0.39 is 15.6 Å². The van der Waals surface area contributed by atoms with E-state index in [1.807, 2.05) is 0 Å². The third kappa shape index (κ3) is 3.80. The molecule has 4 fully saturated rings. The van der Waals surface area contributed by atoms with Gasteiger partial charge in [0.05, 0.1) is 7.11 Å². The van der Waals surface area contributed by atoms with Crippen molar-refractivity contribution in [2.45, 2.75) is 75.6 Å². The highest BCUT2D eigenvalue weighted by Crippen LogP contribution is 2.62. The summed E-state index contributed by atoms with van der Waals surface area (Å²) in [5.41, 5.74) is -3.64. The van der Waals surface area contributed by atoms with Gasteiger partial charge >= 0.3 is 15.6 Å². The predicted octanol–water partition coefficient (Wildman–Crippen LogP) is 5.73. The Morgan fingerprint density at radius 3 is 2.10 bits per heavy atom. The highest BCUT2D eigenvalue weighted by molar-refractivity contribution is 7.88. The lowest BCUT2D eigenvalue weighted by Gasteiger charge is -2.57. The number of ether oxygens (including phenoxy) is 1. The van der Waals surface area contributed by atoms with Gasteiger partial charge in [0.2, 0.25) is 0 Å². The van der Waals surface area contributed by atoms with Crippen molar-refractivity contribution in [2.75, 3.05) is 7.11 Å². The molecule has 1 aromatic carbocycles. The summed E-state index contributed by atoms with van der Waals surface area (Å²) in [6, 6.07) is 2.85. The molecule has 0 atom stereocenters. The molecule has 0 heterocycles. The van der Waals surface area contributed by atoms with Crippen LogP contribution in [0.1, 0.15) is 69.4 Å². The van der Waals surface area contributed by atoms with E-state index in [1.165, 1.54) is 32.4 Å². The molecule has 4 nitrogen and oxygen atoms in total. The van der Waals surface area contributed by atoms with E-state index in [2.05, 4.69) is 11.1 Å². The lowest BCUT2D eigenvalue weighted by atomic mass is 9.47. The molecule has 0 aromatic heterocycles. The summed E-state index contributed by atoms with van der Waals surface area (Å²) in [6.07, 6.45) is 9.40. The zero-order valence-corrected chi connectivity index (χ0v) is 18.2. The predicted molar refractivity (Wildman–Crippen MR) is 107 cm³/mol. The first-order valence-electron chi connectivity index (χ1n) is 10.8. The van der Waals surface area contributed by atoms with Crippen LogP contribution in [0.4, 0.5) is 13.2 Å². The van der Waals surface area contributed by atoms with Crippen LogP contribution >= 0.6 is 0 Å². The van der Waals surface area contributed by atoms with Gasteiger partial charge in [0.15, 0.2) is 0 Å². The number of halogens is 3. The molecule has 168 valence electrons. The lowest BCUT2D eigenvalue weighted by Crippen LogP contribution is -2.49. The van der Waals surface area contributed by atoms with Crippen LogP contribution in [-0.4, -0.2) is 21.0 Å². The maximum atomic E-state index is 12.9. The van der Waals surface area contributed by atoms with Gasteiger partial charge < -0.3 is 8.92 Å². The Balaban J connectivity index is 1.81. The van der Waals surface area contributed by atoms with Crippen molar-refractivity contribution in [2.24, 2.45) is 17.8 Å². The summed E-state index contributed by atoms with van der Waals surface area (Å²) < 4.78 is 72.1. The first kappa shape index (κ1) is 21.8. The van der Waals surface area contributed by atoms with Crippen LogP contribution in [0.25, 0.3) is 0 Å². The van der Waals surface area contributed by atoms with Crippen LogP contribution in [0, 0.1) is 17.8 Å². The maximum Gasteiger partial charge on any atom is 0.534 e. The van der Waals surface area contributed by atoms with Gasteiger partial charge in [-0.1, -0.05) is 13.3 Å². The first-order valence-corrected chi connectivity index (χ1v) is 12.2. The number of hydrogen-bond donors (Lipinski definition) is 0. The molecule has 4 aliphatic carbocycles. The first-order chi connectivity index (χ1) is 14.1. The SMILES string of the molecule is CCCCc1c(OC)cc(OS(=O)(=O)C(F)(F)F)cc1C12CC3CC(CC(C3)C1)C2. The zero-order chi connectivity index (χ0) is 21.7. The van der Waals surface area contributed by atoms with Gasteiger partial charge in [-0.25, -0.2) is 0 Å². The number of methoxy groups -OCH3 is 1. The largest absolute Gasteiger partial charge is 0.534 e. The van der Waals surface area contributed by atoms with Crippen molar-refractivity contribution in [3.63, 3.8) is 0 Å². The normalized spacial score (nSPS) is 30.5. The highest BCUT2D eigenvalue weighted by atomic mass is 32.2. The molecule has 0 spiro atoms. The topological polar surface area (TPSA) is 52.6 Å². The Morgan fingerprint density at radius 2 is 1.63 bits per heavy atom. The molecule has 4 saturated carbocycles. The molecular formula is C22H29F3O4S. The Labute approximate surface area is 176 Å². The molecule has 0 unspecified atom stereocenters. The van der Waals surface area contributed by atoms with Crippen molar-refractivity contribution in [3.8, 4) is 11.5 Å². The van der Waals surface area contributed by atoms with Crippen LogP contribution in [0.3, 0.4) is 0 Å². The van der Waals surface area contributed by atoms with Crippen molar-refractivity contribution in [1.29, 1.82) is 0 Å². The van der Waals surface area contributed by atoms with Crippen LogP contribution in [-0.2, 0) is 22.0 Å². The van der Waals surface area contributed by atoms with Gasteiger partial charge in [-0.2, -0.15) is 21.6 Å². The van der Waals surface area contributed by atoms with E-state index >= 15 is 0 Å². The van der Waals surface area contributed by atoms with Crippen molar-refractivity contribution in [3.05, 3.63) is 23.3 Å². The number of benzene rings is 1. The Bertz CT molecular complexity index is 872. The molecule has 0 N–H and O–H groups in total. The van der Waals surface area contributed by atoms with E-state index in [0.717, 1.165) is 49.7 Å². The fourth-order valence-corrected chi connectivity index (χ4v) is 6.99. The van der Waals surface area contributed by atoms with Gasteiger partial charge in [0.25, 0.3) is 0 Å². The number of hydrogen-bond acceptors (Lipinski definition) is 4. The minimum absolute atomic E-state index is 0.119. The Kier molecular flexibility index (Phi) is 5.52. The molecule has 0 amide bonds. The zero-order valence-electron chi connectivity index (χ0n) is 17.4. The second kappa shape index (κ2) is 7.61. The van der Waals surface area contributed by atoms with Crippen LogP contribution in [0.2, 0.25) is 0 Å². The van der Waals surface area contributed by atoms with E-state index in [1.54, 1.807) is 6.07 Å². The van der Waals surface area contributed by atoms with Crippen LogP contribution in [0.5, 0.6) is 11.5 Å². The average molecular weight is 447 g/mol. The minimum Gasteiger partial charge on any atom is -0.496 e. The molecular weight excluding hydrogens is 417 g/mol. The summed E-state index contributed by atoms with van der Waals surface area (Å²) in [7, 11) is -4.27. The molecule has 1 aromatic rings. The van der Waals surface area contributed by atoms with Crippen LogP contribution in [0.15, 0.2) is 12.1 Å². The number of rotatable bonds is 7. The van der Waals surface area contributed by atoms with E-state index in [9.17, 15) is 21.6 Å². The Morgan fingerprint density at radius 1 is 1.07 bits per heavy atom. The van der Waals surface area contributed by atoms with E-state index in [-0.39, 0.29) is 11.2 Å². The highest BCUT2D eigenvalue weighted by Gasteiger charge is 2.53. The smallest absolute Gasteiger partial charge is 0.496 e. The molecule has 0 saturated heterocycles. The number of alkyl halides is 3. The van der Waals surface area contributed by atoms with E-state index in [0.29, 0.717) is 23.5 Å². The second-order valence-corrected chi connectivity index (χ2v) is 11.0. The maximum absolute atomic E-state index is 12.9. The minimum atomic E-state index is -5.73. The van der Waals surface area contributed by atoms with Gasteiger partial charge in [-0.05, 0) is 91.7 Å². The quantitative estimate of drug-likeness (QED) is 0.396. The fourth-order valence-electron chi connectivity index (χ4n) is 6.55. The summed E-state index contributed by atoms with van der Waals surface area (Å²) in [5, 5.41) is 0. The number of unbranched alkanes of at least 4 members (excludes halogenated alkanes) is 1. The molecule has 8 heteroatoms. The van der Waals surface area contributed by atoms with Gasteiger partial charge in [0.1, 0.15) is 11.5 Å². The van der Waals surface area contributed by atoms with Crippen LogP contribution < -0.4 is 8.92 Å². The summed E-state index contributed by atoms with van der Waals surface area (Å²) in [4.78, 5) is 0. The van der Waals surface area contributed by atoms with Crippen molar-refractivity contribution in [1.82, 2.24) is 0 Å². The third-order valence-corrected chi connectivity index (χ3v) is 8.26.